The van der Waals surface area contributed by atoms with E-state index in [0.29, 0.717) is 11.8 Å². The van der Waals surface area contributed by atoms with E-state index >= 15 is 0 Å². The highest BCUT2D eigenvalue weighted by Gasteiger charge is 2.55. The predicted octanol–water partition coefficient (Wildman–Crippen LogP) is 3.17. The number of benzene rings is 1. The molecule has 120 valence electrons. The van der Waals surface area contributed by atoms with Crippen LogP contribution in [0, 0.1) is 24.2 Å². The molecule has 0 spiro atoms. The topological polar surface area (TPSA) is 49.7 Å². The van der Waals surface area contributed by atoms with E-state index in [4.69, 9.17) is 4.74 Å². The van der Waals surface area contributed by atoms with Crippen LogP contribution in [0.15, 0.2) is 23.8 Å². The number of allylic oxidation sites excluding steroid dienone is 1. The van der Waals surface area contributed by atoms with Gasteiger partial charge in [-0.2, -0.15) is 0 Å². The van der Waals surface area contributed by atoms with Crippen molar-refractivity contribution >= 4 is 0 Å². The summed E-state index contributed by atoms with van der Waals surface area (Å²) in [7, 11) is 1.69. The molecule has 3 atom stereocenters. The monoisotopic (exact) mass is 302 g/mol. The van der Waals surface area contributed by atoms with Crippen LogP contribution in [0.3, 0.4) is 0 Å². The Morgan fingerprint density at radius 3 is 2.50 bits per heavy atom. The minimum absolute atomic E-state index is 0.0166. The summed E-state index contributed by atoms with van der Waals surface area (Å²) in [6.45, 7) is 6.74. The highest BCUT2D eigenvalue weighted by Crippen LogP contribution is 2.64. The lowest BCUT2D eigenvalue weighted by atomic mass is 9.45. The summed E-state index contributed by atoms with van der Waals surface area (Å²) < 4.78 is 5.62. The summed E-state index contributed by atoms with van der Waals surface area (Å²) in [5.74, 6) is 2.09. The molecule has 1 fully saturated rings. The van der Waals surface area contributed by atoms with E-state index in [0.717, 1.165) is 34.4 Å². The Morgan fingerprint density at radius 2 is 1.95 bits per heavy atom. The second-order valence-electron chi connectivity index (χ2n) is 7.34. The zero-order valence-corrected chi connectivity index (χ0v) is 13.9. The fourth-order valence-electron chi connectivity index (χ4n) is 4.62. The van der Waals surface area contributed by atoms with E-state index in [-0.39, 0.29) is 24.5 Å². The summed E-state index contributed by atoms with van der Waals surface area (Å²) in [6, 6.07) is 4.08. The van der Waals surface area contributed by atoms with Crippen molar-refractivity contribution in [2.75, 3.05) is 13.7 Å². The molecule has 1 aromatic rings. The van der Waals surface area contributed by atoms with Gasteiger partial charge in [0.25, 0.3) is 0 Å². The molecule has 0 aliphatic heterocycles. The third-order valence-corrected chi connectivity index (χ3v) is 5.90. The van der Waals surface area contributed by atoms with Gasteiger partial charge in [0.1, 0.15) is 5.75 Å². The number of hydrogen-bond acceptors (Lipinski definition) is 3. The van der Waals surface area contributed by atoms with Gasteiger partial charge in [-0.25, -0.2) is 0 Å². The van der Waals surface area contributed by atoms with Crippen LogP contribution in [0.1, 0.15) is 42.9 Å². The van der Waals surface area contributed by atoms with Gasteiger partial charge in [0, 0.05) is 11.5 Å². The largest absolute Gasteiger partial charge is 0.496 e. The van der Waals surface area contributed by atoms with E-state index in [9.17, 15) is 10.2 Å². The molecule has 0 aromatic heterocycles. The predicted molar refractivity (Wildman–Crippen MR) is 86.9 cm³/mol. The maximum absolute atomic E-state index is 9.82. The van der Waals surface area contributed by atoms with Gasteiger partial charge in [-0.3, -0.25) is 0 Å². The molecule has 0 radical (unpaired) electrons. The Labute approximate surface area is 132 Å². The molecule has 3 aliphatic carbocycles. The standard InChI is InChI=1S/C19H26O3/c1-11-5-13(10-21)18(17(6-11)22-4)14-7-12(9-20)15-8-16(14)19(15,2)3/h5-7,14-16,20-21H,8-10H2,1-4H3/t14-,15?,16?/m1/s1. The number of ether oxygens (including phenoxy) is 1. The Kier molecular flexibility index (Phi) is 3.82. The van der Waals surface area contributed by atoms with Gasteiger partial charge in [0.2, 0.25) is 0 Å². The van der Waals surface area contributed by atoms with E-state index < -0.39 is 0 Å². The molecule has 0 heterocycles. The fourth-order valence-corrected chi connectivity index (χ4v) is 4.62. The second kappa shape index (κ2) is 5.39. The third kappa shape index (κ3) is 2.10. The molecule has 2 N–H and O–H groups in total. The zero-order chi connectivity index (χ0) is 16.1. The molecular weight excluding hydrogens is 276 g/mol. The molecule has 22 heavy (non-hydrogen) atoms. The van der Waals surface area contributed by atoms with Crippen molar-refractivity contribution in [1.29, 1.82) is 0 Å². The lowest BCUT2D eigenvalue weighted by Gasteiger charge is -2.59. The minimum atomic E-state index is 0.0166. The maximum atomic E-state index is 9.82. The van der Waals surface area contributed by atoms with Gasteiger partial charge >= 0.3 is 0 Å². The Morgan fingerprint density at radius 1 is 1.23 bits per heavy atom. The normalized spacial score (nSPS) is 28.8. The Hall–Kier alpha value is -1.32. The molecule has 2 bridgehead atoms. The highest BCUT2D eigenvalue weighted by molar-refractivity contribution is 5.50. The molecule has 2 unspecified atom stereocenters. The van der Waals surface area contributed by atoms with Gasteiger partial charge in [0.05, 0.1) is 20.3 Å². The smallest absolute Gasteiger partial charge is 0.123 e. The highest BCUT2D eigenvalue weighted by atomic mass is 16.5. The van der Waals surface area contributed by atoms with Crippen molar-refractivity contribution in [3.63, 3.8) is 0 Å². The molecule has 1 aromatic carbocycles. The molecule has 1 saturated carbocycles. The number of aryl methyl sites for hydroxylation is 1. The molecule has 0 amide bonds. The number of methoxy groups -OCH3 is 1. The van der Waals surface area contributed by atoms with Gasteiger partial charge in [-0.1, -0.05) is 26.0 Å². The molecular formula is C19H26O3. The zero-order valence-electron chi connectivity index (χ0n) is 13.9. The summed E-state index contributed by atoms with van der Waals surface area (Å²) in [5.41, 5.74) is 4.47. The summed E-state index contributed by atoms with van der Waals surface area (Å²) >= 11 is 0. The number of aliphatic hydroxyl groups is 2. The number of hydrogen-bond donors (Lipinski definition) is 2. The average molecular weight is 302 g/mol. The van der Waals surface area contributed by atoms with Crippen molar-refractivity contribution in [3.8, 4) is 5.75 Å². The molecule has 3 heteroatoms. The lowest BCUT2D eigenvalue weighted by Crippen LogP contribution is -2.52. The molecule has 3 nitrogen and oxygen atoms in total. The van der Waals surface area contributed by atoms with Crippen LogP contribution >= 0.6 is 0 Å². The van der Waals surface area contributed by atoms with Gasteiger partial charge in [-0.05, 0) is 53.4 Å². The van der Waals surface area contributed by atoms with E-state index in [1.54, 1.807) is 7.11 Å². The van der Waals surface area contributed by atoms with Crippen molar-refractivity contribution in [2.45, 2.75) is 39.7 Å². The number of fused-ring (bicyclic) bond motifs is 1. The fraction of sp³-hybridized carbons (Fsp3) is 0.579. The number of rotatable bonds is 4. The SMILES string of the molecule is COc1cc(C)cc(CO)c1[C@@H]1C=C(CO)C2CC1C2(C)C. The summed E-state index contributed by atoms with van der Waals surface area (Å²) in [6.07, 6.45) is 3.34. The van der Waals surface area contributed by atoms with Crippen molar-refractivity contribution in [1.82, 2.24) is 0 Å². The van der Waals surface area contributed by atoms with E-state index in [2.05, 4.69) is 19.9 Å². The second-order valence-corrected chi connectivity index (χ2v) is 7.34. The van der Waals surface area contributed by atoms with Gasteiger partial charge in [-0.15, -0.1) is 0 Å². The van der Waals surface area contributed by atoms with Crippen LogP contribution in [0.2, 0.25) is 0 Å². The van der Waals surface area contributed by atoms with Crippen LogP contribution in [0.5, 0.6) is 5.75 Å². The number of aliphatic hydroxyl groups excluding tert-OH is 2. The van der Waals surface area contributed by atoms with Crippen LogP contribution in [-0.2, 0) is 6.61 Å². The Balaban J connectivity index is 2.15. The van der Waals surface area contributed by atoms with Gasteiger partial charge < -0.3 is 14.9 Å². The first kappa shape index (κ1) is 15.6. The van der Waals surface area contributed by atoms with Gasteiger partial charge in [0.15, 0.2) is 0 Å². The molecule has 0 saturated heterocycles. The first-order valence-corrected chi connectivity index (χ1v) is 8.03. The van der Waals surface area contributed by atoms with E-state index in [1.165, 1.54) is 0 Å². The minimum Gasteiger partial charge on any atom is -0.496 e. The van der Waals surface area contributed by atoms with Crippen LogP contribution in [0.25, 0.3) is 0 Å². The average Bonchev–Trinajstić information content (AvgIpc) is 2.52. The quantitative estimate of drug-likeness (QED) is 0.840. The van der Waals surface area contributed by atoms with Crippen LogP contribution in [0.4, 0.5) is 0 Å². The van der Waals surface area contributed by atoms with E-state index in [1.807, 2.05) is 19.1 Å². The lowest BCUT2D eigenvalue weighted by molar-refractivity contribution is -0.0260. The van der Waals surface area contributed by atoms with Crippen molar-refractivity contribution in [3.05, 3.63) is 40.5 Å². The Bertz CT molecular complexity index is 590. The van der Waals surface area contributed by atoms with Crippen molar-refractivity contribution in [2.24, 2.45) is 17.3 Å². The van der Waals surface area contributed by atoms with Crippen LogP contribution < -0.4 is 4.74 Å². The first-order chi connectivity index (χ1) is 10.4. The third-order valence-electron chi connectivity index (χ3n) is 5.90. The first-order valence-electron chi connectivity index (χ1n) is 8.03. The summed E-state index contributed by atoms with van der Waals surface area (Å²) in [5, 5.41) is 19.6. The molecule has 3 aliphatic rings. The van der Waals surface area contributed by atoms with Crippen LogP contribution in [-0.4, -0.2) is 23.9 Å². The maximum Gasteiger partial charge on any atom is 0.123 e. The van der Waals surface area contributed by atoms with Crippen molar-refractivity contribution < 1.29 is 14.9 Å². The summed E-state index contributed by atoms with van der Waals surface area (Å²) in [4.78, 5) is 0. The molecule has 4 rings (SSSR count).